The van der Waals surface area contributed by atoms with E-state index in [0.29, 0.717) is 24.0 Å². The summed E-state index contributed by atoms with van der Waals surface area (Å²) in [5.41, 5.74) is -1.43. The number of amides is 1. The zero-order valence-corrected chi connectivity index (χ0v) is 13.2. The van der Waals surface area contributed by atoms with E-state index in [1.54, 1.807) is 30.6 Å². The van der Waals surface area contributed by atoms with Crippen molar-refractivity contribution in [1.82, 2.24) is 15.0 Å². The van der Waals surface area contributed by atoms with E-state index in [1.807, 2.05) is 4.90 Å². The number of nitrogens with zero attached hydrogens (tertiary/aromatic N) is 4. The van der Waals surface area contributed by atoms with Crippen LogP contribution in [0.4, 0.5) is 15.9 Å². The van der Waals surface area contributed by atoms with E-state index in [2.05, 4.69) is 20.3 Å². The molecule has 24 heavy (non-hydrogen) atoms. The second-order valence-corrected chi connectivity index (χ2v) is 6.38. The topological polar surface area (TPSA) is 71.0 Å². The first-order valence-corrected chi connectivity index (χ1v) is 8.12. The average Bonchev–Trinajstić information content (AvgIpc) is 3.38. The first-order chi connectivity index (χ1) is 11.6. The molecule has 2 aromatic rings. The van der Waals surface area contributed by atoms with Gasteiger partial charge in [0.2, 0.25) is 5.67 Å². The number of alkyl halides is 1. The van der Waals surface area contributed by atoms with Crippen molar-refractivity contribution in [1.29, 1.82) is 0 Å². The maximum absolute atomic E-state index is 15.1. The number of nitrogens with one attached hydrogen (secondary N) is 1. The molecule has 1 saturated carbocycles. The predicted molar refractivity (Wildman–Crippen MR) is 87.5 cm³/mol. The fourth-order valence-corrected chi connectivity index (χ4v) is 2.91. The van der Waals surface area contributed by atoms with Crippen LogP contribution in [0.25, 0.3) is 0 Å². The Bertz CT molecular complexity index is 752. The van der Waals surface area contributed by atoms with E-state index in [4.69, 9.17) is 0 Å². The zero-order chi connectivity index (χ0) is 16.6. The molecule has 1 N–H and O–H groups in total. The van der Waals surface area contributed by atoms with Crippen molar-refractivity contribution < 1.29 is 9.18 Å². The van der Waals surface area contributed by atoms with Gasteiger partial charge in [-0.1, -0.05) is 0 Å². The molecule has 1 aliphatic carbocycles. The summed E-state index contributed by atoms with van der Waals surface area (Å²) in [6.07, 6.45) is 7.19. The van der Waals surface area contributed by atoms with E-state index < -0.39 is 11.6 Å². The minimum absolute atomic E-state index is 0.000214. The van der Waals surface area contributed by atoms with Gasteiger partial charge in [0.05, 0.1) is 18.4 Å². The minimum Gasteiger partial charge on any atom is -0.353 e. The Morgan fingerprint density at radius 1 is 1.33 bits per heavy atom. The second kappa shape index (κ2) is 5.81. The number of hydrogen-bond donors (Lipinski definition) is 1. The van der Waals surface area contributed by atoms with Crippen molar-refractivity contribution in [3.05, 3.63) is 42.6 Å². The van der Waals surface area contributed by atoms with Gasteiger partial charge in [-0.25, -0.2) is 14.4 Å². The molecule has 2 aromatic heterocycles. The van der Waals surface area contributed by atoms with E-state index in [9.17, 15) is 4.79 Å². The van der Waals surface area contributed by atoms with Gasteiger partial charge in [0, 0.05) is 31.3 Å². The number of pyridine rings is 1. The van der Waals surface area contributed by atoms with Crippen molar-refractivity contribution >= 4 is 17.4 Å². The van der Waals surface area contributed by atoms with Crippen LogP contribution in [0.1, 0.15) is 31.0 Å². The smallest absolute Gasteiger partial charge is 0.264 e. The Hall–Kier alpha value is -2.57. The molecule has 0 radical (unpaired) electrons. The molecule has 7 heteroatoms. The Morgan fingerprint density at radius 2 is 2.21 bits per heavy atom. The number of aromatic nitrogens is 3. The van der Waals surface area contributed by atoms with E-state index in [-0.39, 0.29) is 13.0 Å². The number of anilines is 2. The van der Waals surface area contributed by atoms with Crippen LogP contribution in [0.5, 0.6) is 0 Å². The largest absolute Gasteiger partial charge is 0.353 e. The standard InChI is InChI=1S/C17H18FN5O/c18-17(16(24)21-13-2-1-7-19-10-13)6-9-23(11-17)14-5-8-20-15(22-14)12-3-4-12/h1-2,5,7-8,10,12H,3-4,6,9,11H2,(H,21,24). The Labute approximate surface area is 139 Å². The Morgan fingerprint density at radius 3 is 2.96 bits per heavy atom. The number of hydrogen-bond acceptors (Lipinski definition) is 5. The van der Waals surface area contributed by atoms with Crippen LogP contribution in [-0.2, 0) is 4.79 Å². The fraction of sp³-hybridized carbons (Fsp3) is 0.412. The lowest BCUT2D eigenvalue weighted by Gasteiger charge is -2.21. The van der Waals surface area contributed by atoms with E-state index in [0.717, 1.165) is 18.7 Å². The molecule has 1 amide bonds. The summed E-state index contributed by atoms with van der Waals surface area (Å²) < 4.78 is 15.1. The highest BCUT2D eigenvalue weighted by atomic mass is 19.1. The molecule has 4 rings (SSSR count). The average molecular weight is 327 g/mol. The van der Waals surface area contributed by atoms with Gasteiger partial charge in [-0.05, 0) is 31.0 Å². The third-order valence-electron chi connectivity index (χ3n) is 4.47. The van der Waals surface area contributed by atoms with Gasteiger partial charge in [0.15, 0.2) is 0 Å². The van der Waals surface area contributed by atoms with Crippen molar-refractivity contribution in [2.45, 2.75) is 30.8 Å². The number of carbonyl (C=O) groups is 1. The molecular formula is C17H18FN5O. The molecule has 1 saturated heterocycles. The van der Waals surface area contributed by atoms with Crippen molar-refractivity contribution in [2.75, 3.05) is 23.3 Å². The second-order valence-electron chi connectivity index (χ2n) is 6.38. The Balaban J connectivity index is 1.46. The zero-order valence-electron chi connectivity index (χ0n) is 13.2. The van der Waals surface area contributed by atoms with Crippen LogP contribution < -0.4 is 10.2 Å². The lowest BCUT2D eigenvalue weighted by molar-refractivity contribution is -0.126. The molecule has 0 bridgehead atoms. The number of carbonyl (C=O) groups excluding carboxylic acids is 1. The van der Waals surface area contributed by atoms with Gasteiger partial charge < -0.3 is 10.2 Å². The van der Waals surface area contributed by atoms with Crippen molar-refractivity contribution in [2.24, 2.45) is 0 Å². The van der Waals surface area contributed by atoms with Gasteiger partial charge in [0.1, 0.15) is 11.6 Å². The molecule has 1 unspecified atom stereocenters. The molecule has 6 nitrogen and oxygen atoms in total. The van der Waals surface area contributed by atoms with Gasteiger partial charge >= 0.3 is 0 Å². The first kappa shape index (κ1) is 15.0. The normalized spacial score (nSPS) is 23.3. The minimum atomic E-state index is -1.93. The summed E-state index contributed by atoms with van der Waals surface area (Å²) >= 11 is 0. The molecule has 124 valence electrons. The molecule has 3 heterocycles. The van der Waals surface area contributed by atoms with Crippen LogP contribution in [0, 0.1) is 0 Å². The van der Waals surface area contributed by atoms with Gasteiger partial charge in [-0.15, -0.1) is 0 Å². The fourth-order valence-electron chi connectivity index (χ4n) is 2.91. The van der Waals surface area contributed by atoms with Crippen molar-refractivity contribution in [3.8, 4) is 0 Å². The summed E-state index contributed by atoms with van der Waals surface area (Å²) in [4.78, 5) is 26.9. The lowest BCUT2D eigenvalue weighted by Crippen LogP contribution is -2.41. The van der Waals surface area contributed by atoms with Crippen LogP contribution in [-0.4, -0.2) is 39.6 Å². The maximum Gasteiger partial charge on any atom is 0.264 e. The number of rotatable bonds is 4. The van der Waals surface area contributed by atoms with Gasteiger partial charge in [0.25, 0.3) is 5.91 Å². The predicted octanol–water partition coefficient (Wildman–Crippen LogP) is 2.31. The third kappa shape index (κ3) is 2.93. The highest BCUT2D eigenvalue weighted by Crippen LogP contribution is 2.39. The van der Waals surface area contributed by atoms with Crippen LogP contribution in [0.3, 0.4) is 0 Å². The Kier molecular flexibility index (Phi) is 3.63. The molecule has 2 fully saturated rings. The highest BCUT2D eigenvalue weighted by molar-refractivity contribution is 5.98. The summed E-state index contributed by atoms with van der Waals surface area (Å²) in [7, 11) is 0. The quantitative estimate of drug-likeness (QED) is 0.933. The summed E-state index contributed by atoms with van der Waals surface area (Å²) in [5.74, 6) is 1.33. The summed E-state index contributed by atoms with van der Waals surface area (Å²) in [5, 5.41) is 2.60. The maximum atomic E-state index is 15.1. The molecule has 2 aliphatic rings. The van der Waals surface area contributed by atoms with Gasteiger partial charge in [-0.2, -0.15) is 0 Å². The molecular weight excluding hydrogens is 309 g/mol. The summed E-state index contributed by atoms with van der Waals surface area (Å²) in [6, 6.07) is 5.16. The first-order valence-electron chi connectivity index (χ1n) is 8.12. The molecule has 0 aromatic carbocycles. The summed E-state index contributed by atoms with van der Waals surface area (Å²) in [6.45, 7) is 0.457. The molecule has 1 atom stereocenters. The molecule has 0 spiro atoms. The van der Waals surface area contributed by atoms with E-state index in [1.165, 1.54) is 6.20 Å². The van der Waals surface area contributed by atoms with Crippen molar-refractivity contribution in [3.63, 3.8) is 0 Å². The number of halogens is 1. The third-order valence-corrected chi connectivity index (χ3v) is 4.47. The molecule has 1 aliphatic heterocycles. The highest BCUT2D eigenvalue weighted by Gasteiger charge is 2.45. The van der Waals surface area contributed by atoms with E-state index >= 15 is 4.39 Å². The van der Waals surface area contributed by atoms with Crippen LogP contribution in [0.2, 0.25) is 0 Å². The van der Waals surface area contributed by atoms with Crippen LogP contribution in [0.15, 0.2) is 36.8 Å². The van der Waals surface area contributed by atoms with Crippen LogP contribution >= 0.6 is 0 Å². The monoisotopic (exact) mass is 327 g/mol. The SMILES string of the molecule is O=C(Nc1cccnc1)C1(F)CCN(c2ccnc(C3CC3)n2)C1. The van der Waals surface area contributed by atoms with Gasteiger partial charge in [-0.3, -0.25) is 9.78 Å². The lowest BCUT2D eigenvalue weighted by atomic mass is 10.0.